The summed E-state index contributed by atoms with van der Waals surface area (Å²) in [5.74, 6) is 0.954. The Morgan fingerprint density at radius 2 is 1.95 bits per heavy atom. The van der Waals surface area contributed by atoms with Crippen LogP contribution in [0, 0.1) is 0 Å². The van der Waals surface area contributed by atoms with Crippen molar-refractivity contribution in [3.63, 3.8) is 0 Å². The van der Waals surface area contributed by atoms with Crippen molar-refractivity contribution < 1.29 is 0 Å². The molecule has 0 fully saturated rings. The Hall–Kier alpha value is -2.03. The van der Waals surface area contributed by atoms with Crippen molar-refractivity contribution in [3.8, 4) is 0 Å². The molecule has 0 radical (unpaired) electrons. The molecule has 0 saturated carbocycles. The van der Waals surface area contributed by atoms with Crippen molar-refractivity contribution in [1.82, 2.24) is 9.97 Å². The van der Waals surface area contributed by atoms with E-state index in [9.17, 15) is 0 Å². The Balaban J connectivity index is 1.86. The van der Waals surface area contributed by atoms with Crippen LogP contribution >= 0.6 is 0 Å². The highest BCUT2D eigenvalue weighted by Crippen LogP contribution is 2.24. The highest BCUT2D eigenvalue weighted by atomic mass is 15.0. The van der Waals surface area contributed by atoms with Crippen LogP contribution < -0.4 is 5.32 Å². The minimum absolute atomic E-state index is 0.954. The van der Waals surface area contributed by atoms with Crippen LogP contribution in [-0.4, -0.2) is 16.5 Å². The molecule has 0 bridgehead atoms. The summed E-state index contributed by atoms with van der Waals surface area (Å²) in [5.41, 5.74) is 2.11. The quantitative estimate of drug-likeness (QED) is 0.665. The standard InChI is InChI=1S/C16H19N3/c1-2-3-6-11-17-15-10-9-13-12-7-4-5-8-14(12)18-16(13)19-15/h4-5,7-10H,2-3,6,11H2,1H3,(H2,17,18,19). The second-order valence-electron chi connectivity index (χ2n) is 4.90. The summed E-state index contributed by atoms with van der Waals surface area (Å²) in [6.45, 7) is 3.21. The summed E-state index contributed by atoms with van der Waals surface area (Å²) in [4.78, 5) is 8.01. The van der Waals surface area contributed by atoms with E-state index < -0.39 is 0 Å². The van der Waals surface area contributed by atoms with Gasteiger partial charge in [0, 0.05) is 22.8 Å². The maximum absolute atomic E-state index is 4.64. The van der Waals surface area contributed by atoms with Crippen LogP contribution in [0.15, 0.2) is 36.4 Å². The average molecular weight is 253 g/mol. The van der Waals surface area contributed by atoms with Gasteiger partial charge in [-0.15, -0.1) is 0 Å². The summed E-state index contributed by atoms with van der Waals surface area (Å²) < 4.78 is 0. The number of fused-ring (bicyclic) bond motifs is 3. The molecule has 0 aliphatic carbocycles. The first-order chi connectivity index (χ1) is 9.38. The first-order valence-corrected chi connectivity index (χ1v) is 7.00. The minimum atomic E-state index is 0.954. The van der Waals surface area contributed by atoms with Crippen molar-refractivity contribution in [2.75, 3.05) is 11.9 Å². The van der Waals surface area contributed by atoms with Crippen LogP contribution in [0.25, 0.3) is 21.9 Å². The third kappa shape index (κ3) is 2.41. The van der Waals surface area contributed by atoms with Gasteiger partial charge in [-0.2, -0.15) is 0 Å². The predicted molar refractivity (Wildman–Crippen MR) is 81.6 cm³/mol. The fourth-order valence-electron chi connectivity index (χ4n) is 2.42. The first-order valence-electron chi connectivity index (χ1n) is 7.00. The summed E-state index contributed by atoms with van der Waals surface area (Å²) in [7, 11) is 0. The number of H-pyrrole nitrogens is 1. The molecule has 3 rings (SSSR count). The number of rotatable bonds is 5. The normalized spacial score (nSPS) is 11.2. The van der Waals surface area contributed by atoms with Crippen molar-refractivity contribution in [2.45, 2.75) is 26.2 Å². The Kier molecular flexibility index (Phi) is 3.36. The molecule has 0 aliphatic heterocycles. The molecule has 2 heterocycles. The molecule has 0 unspecified atom stereocenters. The van der Waals surface area contributed by atoms with Gasteiger partial charge in [0.15, 0.2) is 0 Å². The largest absolute Gasteiger partial charge is 0.370 e. The van der Waals surface area contributed by atoms with Gasteiger partial charge in [0.05, 0.1) is 0 Å². The Morgan fingerprint density at radius 3 is 2.84 bits per heavy atom. The zero-order chi connectivity index (χ0) is 13.1. The lowest BCUT2D eigenvalue weighted by Gasteiger charge is -2.04. The lowest BCUT2D eigenvalue weighted by atomic mass is 10.2. The van der Waals surface area contributed by atoms with Gasteiger partial charge < -0.3 is 10.3 Å². The van der Waals surface area contributed by atoms with Crippen molar-refractivity contribution in [3.05, 3.63) is 36.4 Å². The maximum Gasteiger partial charge on any atom is 0.140 e. The minimum Gasteiger partial charge on any atom is -0.370 e. The van der Waals surface area contributed by atoms with Crippen LogP contribution in [-0.2, 0) is 0 Å². The van der Waals surface area contributed by atoms with Crippen molar-refractivity contribution in [2.24, 2.45) is 0 Å². The number of unbranched alkanes of at least 4 members (excludes halogenated alkanes) is 2. The highest BCUT2D eigenvalue weighted by Gasteiger charge is 2.05. The molecule has 19 heavy (non-hydrogen) atoms. The van der Waals surface area contributed by atoms with Gasteiger partial charge in [-0.3, -0.25) is 0 Å². The number of nitrogens with zero attached hydrogens (tertiary/aromatic N) is 1. The van der Waals surface area contributed by atoms with E-state index in [1.54, 1.807) is 0 Å². The van der Waals surface area contributed by atoms with Gasteiger partial charge in [0.2, 0.25) is 0 Å². The Morgan fingerprint density at radius 1 is 1.05 bits per heavy atom. The summed E-state index contributed by atoms with van der Waals surface area (Å²) in [6, 6.07) is 12.5. The topological polar surface area (TPSA) is 40.7 Å². The number of para-hydroxylation sites is 1. The number of pyridine rings is 1. The molecule has 0 amide bonds. The van der Waals surface area contributed by atoms with Crippen molar-refractivity contribution >= 4 is 27.8 Å². The fourth-order valence-corrected chi connectivity index (χ4v) is 2.42. The van der Waals surface area contributed by atoms with Crippen LogP contribution in [0.1, 0.15) is 26.2 Å². The van der Waals surface area contributed by atoms with Crippen LogP contribution in [0.5, 0.6) is 0 Å². The molecule has 0 spiro atoms. The molecule has 1 aromatic carbocycles. The molecule has 98 valence electrons. The van der Waals surface area contributed by atoms with Gasteiger partial charge in [0.1, 0.15) is 11.5 Å². The molecular weight excluding hydrogens is 234 g/mol. The smallest absolute Gasteiger partial charge is 0.140 e. The van der Waals surface area contributed by atoms with Gasteiger partial charge in [-0.05, 0) is 24.6 Å². The molecule has 0 saturated heterocycles. The SMILES string of the molecule is CCCCCNc1ccc2c(n1)[nH]c1ccccc12. The van der Waals surface area contributed by atoms with E-state index in [-0.39, 0.29) is 0 Å². The molecule has 3 heteroatoms. The van der Waals surface area contributed by atoms with E-state index in [1.165, 1.54) is 30.0 Å². The lowest BCUT2D eigenvalue weighted by Crippen LogP contribution is -2.02. The summed E-state index contributed by atoms with van der Waals surface area (Å²) in [5, 5.41) is 5.81. The molecule has 2 aromatic heterocycles. The van der Waals surface area contributed by atoms with Gasteiger partial charge in [0.25, 0.3) is 0 Å². The number of aromatic amines is 1. The number of anilines is 1. The fraction of sp³-hybridized carbons (Fsp3) is 0.312. The van der Waals surface area contributed by atoms with Gasteiger partial charge >= 0.3 is 0 Å². The molecule has 2 N–H and O–H groups in total. The van der Waals surface area contributed by atoms with E-state index in [1.807, 2.05) is 6.07 Å². The Bertz CT molecular complexity index is 685. The third-order valence-electron chi connectivity index (χ3n) is 3.45. The number of hydrogen-bond donors (Lipinski definition) is 2. The summed E-state index contributed by atoms with van der Waals surface area (Å²) >= 11 is 0. The molecular formula is C16H19N3. The van der Waals surface area contributed by atoms with Crippen molar-refractivity contribution in [1.29, 1.82) is 0 Å². The van der Waals surface area contributed by atoms with Crippen LogP contribution in [0.2, 0.25) is 0 Å². The third-order valence-corrected chi connectivity index (χ3v) is 3.45. The van der Waals surface area contributed by atoms with E-state index in [0.29, 0.717) is 0 Å². The van der Waals surface area contributed by atoms with E-state index in [4.69, 9.17) is 0 Å². The first kappa shape index (κ1) is 12.0. The second kappa shape index (κ2) is 5.31. The molecule has 3 aromatic rings. The van der Waals surface area contributed by atoms with Gasteiger partial charge in [-0.25, -0.2) is 4.98 Å². The predicted octanol–water partition coefficient (Wildman–Crippen LogP) is 4.32. The Labute approximate surface area is 113 Å². The average Bonchev–Trinajstić information content (AvgIpc) is 2.81. The zero-order valence-corrected chi connectivity index (χ0v) is 11.2. The number of hydrogen-bond acceptors (Lipinski definition) is 2. The lowest BCUT2D eigenvalue weighted by molar-refractivity contribution is 0.742. The number of aromatic nitrogens is 2. The number of benzene rings is 1. The van der Waals surface area contributed by atoms with Gasteiger partial charge in [-0.1, -0.05) is 38.0 Å². The number of nitrogens with one attached hydrogen (secondary N) is 2. The van der Waals surface area contributed by atoms with E-state index >= 15 is 0 Å². The molecule has 0 aliphatic rings. The maximum atomic E-state index is 4.64. The molecule has 0 atom stereocenters. The zero-order valence-electron chi connectivity index (χ0n) is 11.2. The highest BCUT2D eigenvalue weighted by molar-refractivity contribution is 6.06. The van der Waals surface area contributed by atoms with E-state index in [0.717, 1.165) is 23.5 Å². The summed E-state index contributed by atoms with van der Waals surface area (Å²) in [6.07, 6.45) is 3.71. The van der Waals surface area contributed by atoms with E-state index in [2.05, 4.69) is 52.5 Å². The molecule has 3 nitrogen and oxygen atoms in total. The van der Waals surface area contributed by atoms with Crippen LogP contribution in [0.3, 0.4) is 0 Å². The second-order valence-corrected chi connectivity index (χ2v) is 4.90. The van der Waals surface area contributed by atoms with Crippen LogP contribution in [0.4, 0.5) is 5.82 Å². The monoisotopic (exact) mass is 253 g/mol.